The normalized spacial score (nSPS) is 20.0. The van der Waals surface area contributed by atoms with E-state index in [0.29, 0.717) is 24.7 Å². The molecule has 4 rings (SSSR count). The first kappa shape index (κ1) is 18.6. The molecule has 1 aliphatic heterocycles. The first-order valence-corrected chi connectivity index (χ1v) is 9.40. The van der Waals surface area contributed by atoms with Gasteiger partial charge in [-0.05, 0) is 45.3 Å². The van der Waals surface area contributed by atoms with Crippen LogP contribution in [0.1, 0.15) is 24.1 Å². The average Bonchev–Trinajstić information content (AvgIpc) is 3.06. The van der Waals surface area contributed by atoms with Crippen molar-refractivity contribution in [1.29, 1.82) is 0 Å². The highest BCUT2D eigenvalue weighted by Crippen LogP contribution is 2.29. The third-order valence-corrected chi connectivity index (χ3v) is 4.85. The molecule has 1 aromatic carbocycles. The van der Waals surface area contributed by atoms with Gasteiger partial charge in [0, 0.05) is 30.4 Å². The minimum atomic E-state index is -0.287. The summed E-state index contributed by atoms with van der Waals surface area (Å²) in [5, 5.41) is 11.3. The highest BCUT2D eigenvalue weighted by molar-refractivity contribution is 5.53. The number of benzene rings is 1. The van der Waals surface area contributed by atoms with Crippen LogP contribution < -0.4 is 15.4 Å². The van der Waals surface area contributed by atoms with Crippen molar-refractivity contribution in [3.63, 3.8) is 0 Å². The molecule has 28 heavy (non-hydrogen) atoms. The third kappa shape index (κ3) is 3.93. The van der Waals surface area contributed by atoms with E-state index >= 15 is 0 Å². The Morgan fingerprint density at radius 1 is 1.32 bits per heavy atom. The van der Waals surface area contributed by atoms with Gasteiger partial charge in [0.05, 0.1) is 18.3 Å². The fourth-order valence-corrected chi connectivity index (χ4v) is 3.47. The minimum Gasteiger partial charge on any atom is -0.492 e. The molecule has 3 heterocycles. The second-order valence-electron chi connectivity index (χ2n) is 7.45. The fourth-order valence-electron chi connectivity index (χ4n) is 3.47. The maximum Gasteiger partial charge on any atom is 0.161 e. The zero-order valence-electron chi connectivity index (χ0n) is 16.3. The van der Waals surface area contributed by atoms with Gasteiger partial charge in [0.2, 0.25) is 0 Å². The zero-order chi connectivity index (χ0) is 19.7. The van der Waals surface area contributed by atoms with Gasteiger partial charge in [-0.1, -0.05) is 0 Å². The largest absolute Gasteiger partial charge is 0.492 e. The van der Waals surface area contributed by atoms with Crippen molar-refractivity contribution in [1.82, 2.24) is 24.8 Å². The lowest BCUT2D eigenvalue weighted by atomic mass is 10.1. The van der Waals surface area contributed by atoms with Gasteiger partial charge >= 0.3 is 0 Å². The van der Waals surface area contributed by atoms with Crippen molar-refractivity contribution in [2.75, 3.05) is 32.6 Å². The van der Waals surface area contributed by atoms with Gasteiger partial charge < -0.3 is 20.3 Å². The monoisotopic (exact) mass is 384 g/mol. The van der Waals surface area contributed by atoms with Crippen LogP contribution in [0.3, 0.4) is 0 Å². The second kappa shape index (κ2) is 7.73. The van der Waals surface area contributed by atoms with Crippen LogP contribution in [0.2, 0.25) is 0 Å². The number of fused-ring (bicyclic) bond motifs is 2. The Hall–Kier alpha value is -2.71. The van der Waals surface area contributed by atoms with Gasteiger partial charge in [-0.25, -0.2) is 13.9 Å². The quantitative estimate of drug-likeness (QED) is 0.708. The molecule has 0 radical (unpaired) electrons. The number of ether oxygens (including phenoxy) is 1. The number of rotatable bonds is 2. The van der Waals surface area contributed by atoms with Gasteiger partial charge in [0.1, 0.15) is 24.0 Å². The molecule has 2 bridgehead atoms. The van der Waals surface area contributed by atoms with Crippen LogP contribution >= 0.6 is 0 Å². The summed E-state index contributed by atoms with van der Waals surface area (Å²) < 4.78 is 21.8. The highest BCUT2D eigenvalue weighted by atomic mass is 19.1. The first-order chi connectivity index (χ1) is 13.5. The van der Waals surface area contributed by atoms with Gasteiger partial charge in [0.25, 0.3) is 0 Å². The first-order valence-electron chi connectivity index (χ1n) is 9.40. The molecule has 3 aromatic rings. The summed E-state index contributed by atoms with van der Waals surface area (Å²) in [5.74, 6) is 1.10. The molecule has 1 aliphatic rings. The molecule has 7 nitrogen and oxygen atoms in total. The summed E-state index contributed by atoms with van der Waals surface area (Å²) in [6.07, 6.45) is 3.71. The SMILES string of the molecule is C[C@H]1Nc2ccn3ncc(c3n2)CN[C@@H](CN(C)C)COc2ccc(F)cc21. The topological polar surface area (TPSA) is 66.7 Å². The number of nitrogens with one attached hydrogen (secondary N) is 2. The zero-order valence-corrected chi connectivity index (χ0v) is 16.3. The molecular formula is C20H25FN6O. The summed E-state index contributed by atoms with van der Waals surface area (Å²) in [6.45, 7) is 3.88. The number of anilines is 1. The molecule has 0 amide bonds. The molecule has 0 spiro atoms. The van der Waals surface area contributed by atoms with E-state index in [1.54, 1.807) is 10.6 Å². The van der Waals surface area contributed by atoms with E-state index in [1.807, 2.05) is 39.5 Å². The minimum absolute atomic E-state index is 0.0926. The number of likely N-dealkylation sites (N-methyl/N-ethyl adjacent to an activating group) is 1. The fraction of sp³-hybridized carbons (Fsp3) is 0.400. The highest BCUT2D eigenvalue weighted by Gasteiger charge is 2.19. The van der Waals surface area contributed by atoms with Crippen molar-refractivity contribution >= 4 is 11.5 Å². The summed E-state index contributed by atoms with van der Waals surface area (Å²) >= 11 is 0. The molecule has 0 saturated carbocycles. The van der Waals surface area contributed by atoms with Crippen LogP contribution in [-0.2, 0) is 6.54 Å². The molecule has 2 atom stereocenters. The molecule has 0 unspecified atom stereocenters. The average molecular weight is 384 g/mol. The Balaban J connectivity index is 1.75. The summed E-state index contributed by atoms with van der Waals surface area (Å²) in [7, 11) is 4.06. The maximum atomic E-state index is 13.9. The number of nitrogens with zero attached hydrogens (tertiary/aromatic N) is 4. The maximum absolute atomic E-state index is 13.9. The van der Waals surface area contributed by atoms with Crippen molar-refractivity contribution in [3.8, 4) is 5.75 Å². The van der Waals surface area contributed by atoms with E-state index in [2.05, 4.69) is 20.6 Å². The lowest BCUT2D eigenvalue weighted by Crippen LogP contribution is -2.42. The predicted molar refractivity (Wildman–Crippen MR) is 106 cm³/mol. The van der Waals surface area contributed by atoms with E-state index in [-0.39, 0.29) is 17.9 Å². The molecule has 0 saturated heterocycles. The van der Waals surface area contributed by atoms with Crippen LogP contribution in [0, 0.1) is 5.82 Å². The Morgan fingerprint density at radius 2 is 2.18 bits per heavy atom. The molecule has 148 valence electrons. The molecule has 2 N–H and O–H groups in total. The Kier molecular flexibility index (Phi) is 5.15. The summed E-state index contributed by atoms with van der Waals surface area (Å²) in [6, 6.07) is 6.43. The van der Waals surface area contributed by atoms with Crippen molar-refractivity contribution in [2.24, 2.45) is 0 Å². The van der Waals surface area contributed by atoms with Gasteiger partial charge in [0.15, 0.2) is 5.65 Å². The van der Waals surface area contributed by atoms with Crippen molar-refractivity contribution in [2.45, 2.75) is 25.6 Å². The van der Waals surface area contributed by atoms with Gasteiger partial charge in [-0.2, -0.15) is 5.10 Å². The lowest BCUT2D eigenvalue weighted by Gasteiger charge is -2.24. The predicted octanol–water partition coefficient (Wildman–Crippen LogP) is 2.45. The molecule has 8 heteroatoms. The number of hydrogen-bond acceptors (Lipinski definition) is 6. The molecule has 2 aromatic heterocycles. The van der Waals surface area contributed by atoms with E-state index in [9.17, 15) is 4.39 Å². The smallest absolute Gasteiger partial charge is 0.161 e. The number of aromatic nitrogens is 3. The molecule has 0 aliphatic carbocycles. The van der Waals surface area contributed by atoms with Crippen LogP contribution in [0.15, 0.2) is 36.7 Å². The van der Waals surface area contributed by atoms with Crippen molar-refractivity contribution < 1.29 is 9.13 Å². The standard InChI is InChI=1S/C20H25FN6O/c1-13-17-8-15(21)4-5-18(17)28-12-16(11-26(2)3)22-9-14-10-23-27-7-6-19(24-13)25-20(14)27/h4-8,10,13,16,22H,9,11-12H2,1-3H3,(H,24,25)/t13-,16+/m1/s1. The summed E-state index contributed by atoms with van der Waals surface area (Å²) in [5.41, 5.74) is 2.58. The third-order valence-electron chi connectivity index (χ3n) is 4.85. The summed E-state index contributed by atoms with van der Waals surface area (Å²) in [4.78, 5) is 6.83. The van der Waals surface area contributed by atoms with E-state index in [1.165, 1.54) is 12.1 Å². The van der Waals surface area contributed by atoms with Gasteiger partial charge in [-0.15, -0.1) is 0 Å². The second-order valence-corrected chi connectivity index (χ2v) is 7.45. The lowest BCUT2D eigenvalue weighted by molar-refractivity contribution is 0.225. The Bertz CT molecular complexity index is 972. The Morgan fingerprint density at radius 3 is 3.00 bits per heavy atom. The van der Waals surface area contributed by atoms with Crippen LogP contribution in [0.5, 0.6) is 5.75 Å². The number of hydrogen-bond donors (Lipinski definition) is 2. The van der Waals surface area contributed by atoms with E-state index in [4.69, 9.17) is 9.72 Å². The van der Waals surface area contributed by atoms with Crippen molar-refractivity contribution in [3.05, 3.63) is 53.6 Å². The molecular weight excluding hydrogens is 359 g/mol. The molecule has 0 fully saturated rings. The Labute approximate surface area is 163 Å². The number of halogens is 1. The van der Waals surface area contributed by atoms with Crippen LogP contribution in [0.25, 0.3) is 5.65 Å². The van der Waals surface area contributed by atoms with Gasteiger partial charge in [-0.3, -0.25) is 0 Å². The van der Waals surface area contributed by atoms with E-state index in [0.717, 1.165) is 23.3 Å². The van der Waals surface area contributed by atoms with E-state index < -0.39 is 0 Å². The van der Waals surface area contributed by atoms with Crippen LogP contribution in [-0.4, -0.2) is 52.8 Å². The van der Waals surface area contributed by atoms with Crippen LogP contribution in [0.4, 0.5) is 10.2 Å².